The number of likely N-dealkylation sites (N-methyl/N-ethyl adjacent to an activating group) is 2. The summed E-state index contributed by atoms with van der Waals surface area (Å²) in [4.78, 5) is 27.9. The lowest BCUT2D eigenvalue weighted by Gasteiger charge is -2.38. The van der Waals surface area contributed by atoms with Gasteiger partial charge in [-0.2, -0.15) is 5.10 Å². The topological polar surface area (TPSA) is 70.5 Å². The van der Waals surface area contributed by atoms with Crippen LogP contribution in [0.25, 0.3) is 0 Å². The molecule has 1 N–H and O–H groups in total. The highest BCUT2D eigenvalue weighted by molar-refractivity contribution is 5.83. The number of carbonyl (C=O) groups is 2. The van der Waals surface area contributed by atoms with Crippen molar-refractivity contribution in [2.45, 2.75) is 25.9 Å². The summed E-state index contributed by atoms with van der Waals surface area (Å²) in [6, 6.07) is 1.65. The van der Waals surface area contributed by atoms with E-state index in [0.717, 1.165) is 5.69 Å². The fourth-order valence-electron chi connectivity index (χ4n) is 2.54. The van der Waals surface area contributed by atoms with Gasteiger partial charge in [0.25, 0.3) is 0 Å². The van der Waals surface area contributed by atoms with E-state index in [9.17, 15) is 9.59 Å². The minimum absolute atomic E-state index is 0.0436. The molecule has 2 rings (SSSR count). The molecule has 1 aliphatic rings. The summed E-state index contributed by atoms with van der Waals surface area (Å²) < 4.78 is 1.82. The van der Waals surface area contributed by atoms with Crippen molar-refractivity contribution in [3.05, 3.63) is 18.0 Å². The first kappa shape index (κ1) is 15.5. The van der Waals surface area contributed by atoms with Gasteiger partial charge in [0.15, 0.2) is 0 Å². The highest BCUT2D eigenvalue weighted by Crippen LogP contribution is 2.10. The SMILES string of the molecule is CNC(=O)[C@@H]1CN(C(=O)CCn2nccc2C)CCN1C. The van der Waals surface area contributed by atoms with Crippen molar-refractivity contribution in [2.75, 3.05) is 33.7 Å². The molecule has 0 radical (unpaired) electrons. The number of rotatable bonds is 4. The van der Waals surface area contributed by atoms with Crippen LogP contribution in [0.2, 0.25) is 0 Å². The molecule has 0 spiro atoms. The van der Waals surface area contributed by atoms with Crippen LogP contribution in [0, 0.1) is 6.92 Å². The predicted octanol–water partition coefficient (Wildman–Crippen LogP) is -0.530. The van der Waals surface area contributed by atoms with Crippen molar-refractivity contribution in [1.29, 1.82) is 0 Å². The first-order chi connectivity index (χ1) is 10.0. The first-order valence-corrected chi connectivity index (χ1v) is 7.21. The lowest BCUT2D eigenvalue weighted by Crippen LogP contribution is -2.58. The molecule has 1 saturated heterocycles. The van der Waals surface area contributed by atoms with Crippen molar-refractivity contribution in [1.82, 2.24) is 24.9 Å². The molecule has 2 amide bonds. The molecule has 1 fully saturated rings. The quantitative estimate of drug-likeness (QED) is 0.810. The van der Waals surface area contributed by atoms with E-state index in [4.69, 9.17) is 0 Å². The minimum atomic E-state index is -0.265. The van der Waals surface area contributed by atoms with Crippen molar-refractivity contribution in [3.8, 4) is 0 Å². The zero-order chi connectivity index (χ0) is 15.4. The number of carbonyl (C=O) groups excluding carboxylic acids is 2. The summed E-state index contributed by atoms with van der Waals surface area (Å²) in [5, 5.41) is 6.83. The molecule has 0 unspecified atom stereocenters. The van der Waals surface area contributed by atoms with E-state index in [0.29, 0.717) is 32.6 Å². The molecule has 1 aromatic heterocycles. The number of nitrogens with one attached hydrogen (secondary N) is 1. The van der Waals surface area contributed by atoms with Gasteiger partial charge < -0.3 is 10.2 Å². The van der Waals surface area contributed by atoms with Crippen molar-refractivity contribution in [3.63, 3.8) is 0 Å². The number of aryl methyl sites for hydroxylation is 2. The monoisotopic (exact) mass is 293 g/mol. The maximum Gasteiger partial charge on any atom is 0.238 e. The second-order valence-electron chi connectivity index (χ2n) is 5.40. The Kier molecular flexibility index (Phi) is 4.95. The molecule has 7 nitrogen and oxygen atoms in total. The lowest BCUT2D eigenvalue weighted by atomic mass is 10.1. The molecule has 1 aliphatic heterocycles. The maximum atomic E-state index is 12.3. The largest absolute Gasteiger partial charge is 0.358 e. The fourth-order valence-corrected chi connectivity index (χ4v) is 2.54. The van der Waals surface area contributed by atoms with Gasteiger partial charge in [0.2, 0.25) is 11.8 Å². The molecule has 0 aliphatic carbocycles. The average Bonchev–Trinajstić information content (AvgIpc) is 2.89. The second-order valence-corrected chi connectivity index (χ2v) is 5.40. The van der Waals surface area contributed by atoms with E-state index in [1.54, 1.807) is 18.1 Å². The van der Waals surface area contributed by atoms with Gasteiger partial charge in [-0.25, -0.2) is 0 Å². The predicted molar refractivity (Wildman–Crippen MR) is 78.6 cm³/mol. The summed E-state index contributed by atoms with van der Waals surface area (Å²) in [5.41, 5.74) is 1.05. The van der Waals surface area contributed by atoms with Gasteiger partial charge in [-0.15, -0.1) is 0 Å². The molecule has 116 valence electrons. The zero-order valence-electron chi connectivity index (χ0n) is 12.9. The second kappa shape index (κ2) is 6.71. The van der Waals surface area contributed by atoms with Crippen molar-refractivity contribution >= 4 is 11.8 Å². The summed E-state index contributed by atoms with van der Waals surface area (Å²) in [5.74, 6) is 0.0322. The van der Waals surface area contributed by atoms with E-state index in [1.165, 1.54) is 0 Å². The maximum absolute atomic E-state index is 12.3. The molecule has 7 heteroatoms. The smallest absolute Gasteiger partial charge is 0.238 e. The Labute approximate surface area is 124 Å². The van der Waals surface area contributed by atoms with Crippen LogP contribution in [-0.2, 0) is 16.1 Å². The third-order valence-electron chi connectivity index (χ3n) is 4.02. The average molecular weight is 293 g/mol. The Morgan fingerprint density at radius 3 is 2.81 bits per heavy atom. The van der Waals surface area contributed by atoms with Crippen LogP contribution in [0.3, 0.4) is 0 Å². The Bertz CT molecular complexity index is 513. The molecule has 1 atom stereocenters. The van der Waals surface area contributed by atoms with Gasteiger partial charge in [0.1, 0.15) is 6.04 Å². The van der Waals surface area contributed by atoms with Gasteiger partial charge in [0, 0.05) is 51.5 Å². The highest BCUT2D eigenvalue weighted by atomic mass is 16.2. The summed E-state index contributed by atoms with van der Waals surface area (Å²) in [7, 11) is 3.53. The minimum Gasteiger partial charge on any atom is -0.358 e. The molecule has 0 aromatic carbocycles. The Hall–Kier alpha value is -1.89. The number of nitrogens with zero attached hydrogens (tertiary/aromatic N) is 4. The molecule has 2 heterocycles. The highest BCUT2D eigenvalue weighted by Gasteiger charge is 2.31. The van der Waals surface area contributed by atoms with E-state index < -0.39 is 0 Å². The van der Waals surface area contributed by atoms with Crippen LogP contribution < -0.4 is 5.32 Å². The number of amides is 2. The van der Waals surface area contributed by atoms with E-state index >= 15 is 0 Å². The third kappa shape index (κ3) is 3.60. The van der Waals surface area contributed by atoms with Crippen LogP contribution >= 0.6 is 0 Å². The summed E-state index contributed by atoms with van der Waals surface area (Å²) in [6.07, 6.45) is 2.14. The molecule has 0 bridgehead atoms. The molecule has 1 aromatic rings. The molecular formula is C14H23N5O2. The Balaban J connectivity index is 1.90. The Morgan fingerprint density at radius 1 is 1.43 bits per heavy atom. The molecular weight excluding hydrogens is 270 g/mol. The van der Waals surface area contributed by atoms with Gasteiger partial charge in [-0.05, 0) is 20.0 Å². The normalized spacial score (nSPS) is 19.6. The van der Waals surface area contributed by atoms with Crippen molar-refractivity contribution < 1.29 is 9.59 Å². The van der Waals surface area contributed by atoms with Crippen molar-refractivity contribution in [2.24, 2.45) is 0 Å². The number of aromatic nitrogens is 2. The summed E-state index contributed by atoms with van der Waals surface area (Å²) in [6.45, 7) is 4.38. The first-order valence-electron chi connectivity index (χ1n) is 7.21. The van der Waals surface area contributed by atoms with Gasteiger partial charge >= 0.3 is 0 Å². The van der Waals surface area contributed by atoms with Crippen LogP contribution in [0.5, 0.6) is 0 Å². The summed E-state index contributed by atoms with van der Waals surface area (Å²) >= 11 is 0. The zero-order valence-corrected chi connectivity index (χ0v) is 12.9. The fraction of sp³-hybridized carbons (Fsp3) is 0.643. The van der Waals surface area contributed by atoms with Gasteiger partial charge in [-0.1, -0.05) is 0 Å². The van der Waals surface area contributed by atoms with Crippen LogP contribution in [0.1, 0.15) is 12.1 Å². The molecule has 0 saturated carbocycles. The van der Waals surface area contributed by atoms with E-state index in [1.807, 2.05) is 29.6 Å². The van der Waals surface area contributed by atoms with Crippen LogP contribution in [0.15, 0.2) is 12.3 Å². The van der Waals surface area contributed by atoms with Gasteiger partial charge in [-0.3, -0.25) is 19.2 Å². The lowest BCUT2D eigenvalue weighted by molar-refractivity contribution is -0.137. The third-order valence-corrected chi connectivity index (χ3v) is 4.02. The molecule has 21 heavy (non-hydrogen) atoms. The standard InChI is InChI=1S/C14H23N5O2/c1-11-4-6-16-19(11)7-5-13(20)18-9-8-17(3)12(10-18)14(21)15-2/h4,6,12H,5,7-10H2,1-3H3,(H,15,21)/t12-/m0/s1. The van der Waals surface area contributed by atoms with E-state index in [2.05, 4.69) is 10.4 Å². The van der Waals surface area contributed by atoms with E-state index in [-0.39, 0.29) is 17.9 Å². The Morgan fingerprint density at radius 2 is 2.19 bits per heavy atom. The van der Waals surface area contributed by atoms with Crippen LogP contribution in [0.4, 0.5) is 0 Å². The van der Waals surface area contributed by atoms with Crippen LogP contribution in [-0.4, -0.2) is 71.2 Å². The number of piperazine rings is 1. The number of hydrogen-bond donors (Lipinski definition) is 1. The van der Waals surface area contributed by atoms with Gasteiger partial charge in [0.05, 0.1) is 0 Å². The number of hydrogen-bond acceptors (Lipinski definition) is 4.